The Morgan fingerprint density at radius 2 is 1.68 bits per heavy atom. The Hall–Kier alpha value is -3.65. The molecule has 1 aromatic heterocycles. The van der Waals surface area contributed by atoms with Gasteiger partial charge in [-0.05, 0) is 56.7 Å². The summed E-state index contributed by atoms with van der Waals surface area (Å²) in [7, 11) is -1.66. The first kappa shape index (κ1) is 23.5. The molecule has 0 aliphatic carbocycles. The molecular formula is C26H28N4O3S. The summed E-state index contributed by atoms with van der Waals surface area (Å²) in [4.78, 5) is 16.9. The Labute approximate surface area is 199 Å². The van der Waals surface area contributed by atoms with E-state index in [0.717, 1.165) is 28.0 Å². The molecule has 0 saturated carbocycles. The molecule has 4 aromatic rings. The second-order valence-corrected chi connectivity index (χ2v) is 10.5. The van der Waals surface area contributed by atoms with Crippen molar-refractivity contribution in [2.75, 3.05) is 4.72 Å². The molecule has 0 fully saturated rings. The number of amides is 1. The molecule has 7 nitrogen and oxygen atoms in total. The number of nitrogens with one attached hydrogen (secondary N) is 2. The van der Waals surface area contributed by atoms with Crippen LogP contribution >= 0.6 is 0 Å². The number of carbonyl (C=O) groups excluding carboxylic acids is 1. The first-order chi connectivity index (χ1) is 16.1. The highest BCUT2D eigenvalue weighted by molar-refractivity contribution is 7.91. The van der Waals surface area contributed by atoms with E-state index in [0.29, 0.717) is 16.8 Å². The van der Waals surface area contributed by atoms with Gasteiger partial charge in [0.25, 0.3) is 5.91 Å². The third-order valence-corrected chi connectivity index (χ3v) is 6.72. The highest BCUT2D eigenvalue weighted by Gasteiger charge is 2.15. The van der Waals surface area contributed by atoms with Crippen LogP contribution in [-0.4, -0.2) is 29.9 Å². The van der Waals surface area contributed by atoms with Crippen LogP contribution in [0.3, 0.4) is 0 Å². The van der Waals surface area contributed by atoms with Crippen molar-refractivity contribution in [3.8, 4) is 11.4 Å². The van der Waals surface area contributed by atoms with Gasteiger partial charge in [-0.15, -0.1) is 0 Å². The van der Waals surface area contributed by atoms with E-state index in [-0.39, 0.29) is 17.7 Å². The lowest BCUT2D eigenvalue weighted by atomic mass is 10.1. The van der Waals surface area contributed by atoms with Crippen LogP contribution in [0.15, 0.2) is 66.7 Å². The molecule has 0 aliphatic heterocycles. The third kappa shape index (κ3) is 5.28. The monoisotopic (exact) mass is 476 g/mol. The van der Waals surface area contributed by atoms with Crippen molar-refractivity contribution in [1.82, 2.24) is 14.9 Å². The van der Waals surface area contributed by atoms with Crippen molar-refractivity contribution in [2.24, 2.45) is 7.05 Å². The molecule has 0 saturated heterocycles. The average molecular weight is 477 g/mol. The molecule has 2 N–H and O–H groups in total. The van der Waals surface area contributed by atoms with E-state index in [1.807, 2.05) is 74.9 Å². The predicted octanol–water partition coefficient (Wildman–Crippen LogP) is 4.63. The quantitative estimate of drug-likeness (QED) is 0.407. The fraction of sp³-hybridized carbons (Fsp3) is 0.231. The number of rotatable bonds is 7. The summed E-state index contributed by atoms with van der Waals surface area (Å²) >= 11 is 0. The summed E-state index contributed by atoms with van der Waals surface area (Å²) in [5, 5.41) is 2.88. The normalized spacial score (nSPS) is 11.7. The molecule has 0 aliphatic rings. The van der Waals surface area contributed by atoms with Gasteiger partial charge in [-0.3, -0.25) is 9.52 Å². The Balaban J connectivity index is 1.56. The van der Waals surface area contributed by atoms with Gasteiger partial charge in [0.1, 0.15) is 5.82 Å². The largest absolute Gasteiger partial charge is 0.350 e. The summed E-state index contributed by atoms with van der Waals surface area (Å²) in [5.74, 6) is 0.509. The van der Waals surface area contributed by atoms with Crippen LogP contribution in [0.2, 0.25) is 0 Å². The number of anilines is 1. The first-order valence-electron chi connectivity index (χ1n) is 11.0. The van der Waals surface area contributed by atoms with Crippen molar-refractivity contribution in [3.05, 3.63) is 83.4 Å². The van der Waals surface area contributed by atoms with E-state index in [1.54, 1.807) is 24.3 Å². The minimum absolute atomic E-state index is 0.0653. The van der Waals surface area contributed by atoms with E-state index >= 15 is 0 Å². The Kier molecular flexibility index (Phi) is 6.43. The van der Waals surface area contributed by atoms with Gasteiger partial charge in [0.15, 0.2) is 0 Å². The zero-order valence-corrected chi connectivity index (χ0v) is 20.5. The summed E-state index contributed by atoms with van der Waals surface area (Å²) in [5.41, 5.74) is 5.27. The number of fused-ring (bicyclic) bond motifs is 1. The Bertz CT molecular complexity index is 1440. The zero-order chi connectivity index (χ0) is 24.5. The van der Waals surface area contributed by atoms with E-state index in [4.69, 9.17) is 4.98 Å². The molecule has 1 heterocycles. The number of sulfonamides is 1. The van der Waals surface area contributed by atoms with Crippen LogP contribution in [0.5, 0.6) is 0 Å². The van der Waals surface area contributed by atoms with Gasteiger partial charge in [-0.2, -0.15) is 0 Å². The van der Waals surface area contributed by atoms with Crippen LogP contribution in [0.25, 0.3) is 22.4 Å². The molecule has 1 amide bonds. The number of hydrogen-bond donors (Lipinski definition) is 2. The van der Waals surface area contributed by atoms with Crippen LogP contribution in [0, 0.1) is 6.92 Å². The van der Waals surface area contributed by atoms with Crippen LogP contribution < -0.4 is 10.0 Å². The standard InChI is InChI=1S/C26H28N4O3S/c1-17(2)27-26(31)21-11-9-20(10-12-21)25-28-23-15-22(13-14-24(23)30(25)4)29-34(32,33)16-19-7-5-18(3)6-8-19/h5-15,17,29H,16H2,1-4H3,(H,27,31). The summed E-state index contributed by atoms with van der Waals surface area (Å²) in [6.45, 7) is 5.80. The van der Waals surface area contributed by atoms with Gasteiger partial charge in [0.05, 0.1) is 22.5 Å². The Morgan fingerprint density at radius 1 is 1.00 bits per heavy atom. The van der Waals surface area contributed by atoms with Gasteiger partial charge in [-0.1, -0.05) is 42.0 Å². The van der Waals surface area contributed by atoms with Gasteiger partial charge in [-0.25, -0.2) is 13.4 Å². The van der Waals surface area contributed by atoms with Crippen molar-refractivity contribution >= 4 is 32.7 Å². The maximum absolute atomic E-state index is 12.7. The first-order valence-corrected chi connectivity index (χ1v) is 12.7. The molecule has 8 heteroatoms. The van der Waals surface area contributed by atoms with Gasteiger partial charge >= 0.3 is 0 Å². The molecule has 0 radical (unpaired) electrons. The fourth-order valence-corrected chi connectivity index (χ4v) is 4.95. The predicted molar refractivity (Wildman–Crippen MR) is 136 cm³/mol. The smallest absolute Gasteiger partial charge is 0.251 e. The van der Waals surface area contributed by atoms with E-state index in [2.05, 4.69) is 10.0 Å². The number of carbonyl (C=O) groups is 1. The number of aromatic nitrogens is 2. The van der Waals surface area contributed by atoms with Crippen molar-refractivity contribution in [1.29, 1.82) is 0 Å². The van der Waals surface area contributed by atoms with Gasteiger partial charge in [0.2, 0.25) is 10.0 Å². The van der Waals surface area contributed by atoms with Gasteiger partial charge < -0.3 is 9.88 Å². The zero-order valence-electron chi connectivity index (χ0n) is 19.7. The molecule has 0 unspecified atom stereocenters. The average Bonchev–Trinajstić information content (AvgIpc) is 3.10. The molecule has 4 rings (SSSR count). The topological polar surface area (TPSA) is 93.1 Å². The van der Waals surface area contributed by atoms with Crippen LogP contribution in [0.4, 0.5) is 5.69 Å². The highest BCUT2D eigenvalue weighted by atomic mass is 32.2. The molecule has 3 aromatic carbocycles. The fourth-order valence-electron chi connectivity index (χ4n) is 3.76. The maximum Gasteiger partial charge on any atom is 0.251 e. The van der Waals surface area contributed by atoms with E-state index in [9.17, 15) is 13.2 Å². The minimum atomic E-state index is -3.57. The number of imidazole rings is 1. The van der Waals surface area contributed by atoms with Crippen LogP contribution in [0.1, 0.15) is 35.3 Å². The molecule has 176 valence electrons. The third-order valence-electron chi connectivity index (χ3n) is 5.46. The van der Waals surface area contributed by atoms with Crippen molar-refractivity contribution in [2.45, 2.75) is 32.6 Å². The van der Waals surface area contributed by atoms with Crippen molar-refractivity contribution < 1.29 is 13.2 Å². The molecule has 34 heavy (non-hydrogen) atoms. The van der Waals surface area contributed by atoms with Crippen molar-refractivity contribution in [3.63, 3.8) is 0 Å². The Morgan fingerprint density at radius 3 is 2.32 bits per heavy atom. The number of benzene rings is 3. The maximum atomic E-state index is 12.7. The molecular weight excluding hydrogens is 448 g/mol. The highest BCUT2D eigenvalue weighted by Crippen LogP contribution is 2.26. The van der Waals surface area contributed by atoms with Crippen LogP contribution in [-0.2, 0) is 22.8 Å². The molecule has 0 atom stereocenters. The molecule has 0 spiro atoms. The van der Waals surface area contributed by atoms with Gasteiger partial charge in [0, 0.05) is 24.2 Å². The number of aryl methyl sites for hydroxylation is 2. The van der Waals surface area contributed by atoms with E-state index in [1.165, 1.54) is 0 Å². The lowest BCUT2D eigenvalue weighted by molar-refractivity contribution is 0.0943. The SMILES string of the molecule is Cc1ccc(CS(=O)(=O)Nc2ccc3c(c2)nc(-c2ccc(C(=O)NC(C)C)cc2)n3C)cc1. The second-order valence-electron chi connectivity index (χ2n) is 8.75. The lowest BCUT2D eigenvalue weighted by Gasteiger charge is -2.09. The second kappa shape index (κ2) is 9.30. The summed E-state index contributed by atoms with van der Waals surface area (Å²) < 4.78 is 29.9. The number of hydrogen-bond acceptors (Lipinski definition) is 4. The molecule has 0 bridgehead atoms. The summed E-state index contributed by atoms with van der Waals surface area (Å²) in [6.07, 6.45) is 0. The minimum Gasteiger partial charge on any atom is -0.350 e. The van der Waals surface area contributed by atoms with E-state index < -0.39 is 10.0 Å². The lowest BCUT2D eigenvalue weighted by Crippen LogP contribution is -2.29. The number of nitrogens with zero attached hydrogens (tertiary/aromatic N) is 2. The summed E-state index contributed by atoms with van der Waals surface area (Å²) in [6, 6.07) is 20.1.